The van der Waals surface area contributed by atoms with Gasteiger partial charge >= 0.3 is 5.97 Å². The normalized spacial score (nSPS) is 12.8. The molecule has 1 unspecified atom stereocenters. The highest BCUT2D eigenvalue weighted by atomic mass is 16.4. The summed E-state index contributed by atoms with van der Waals surface area (Å²) in [7, 11) is 0. The van der Waals surface area contributed by atoms with Crippen LogP contribution in [0.2, 0.25) is 0 Å². The first-order chi connectivity index (χ1) is 5.20. The summed E-state index contributed by atoms with van der Waals surface area (Å²) in [5.74, 6) is -0.973. The number of nitrogens with two attached hydrogens (primary N) is 1. The van der Waals surface area contributed by atoms with Gasteiger partial charge in [0, 0.05) is 18.3 Å². The van der Waals surface area contributed by atoms with E-state index in [-0.39, 0.29) is 0 Å². The van der Waals surface area contributed by atoms with Crippen LogP contribution in [0.25, 0.3) is 0 Å². The van der Waals surface area contributed by atoms with E-state index in [1.807, 2.05) is 12.1 Å². The molecular weight excluding hydrogens is 144 g/mol. The molecule has 0 fully saturated rings. The lowest BCUT2D eigenvalue weighted by Gasteiger charge is -2.02. The topological polar surface area (TPSA) is 79.1 Å². The van der Waals surface area contributed by atoms with Crippen molar-refractivity contribution < 1.29 is 9.90 Å². The van der Waals surface area contributed by atoms with Crippen LogP contribution in [0.4, 0.5) is 0 Å². The number of H-pyrrole nitrogens is 1. The summed E-state index contributed by atoms with van der Waals surface area (Å²) in [6.07, 6.45) is 2.09. The molecule has 0 bridgehead atoms. The number of aliphatic carboxylic acids is 1. The van der Waals surface area contributed by atoms with Gasteiger partial charge in [-0.2, -0.15) is 0 Å². The van der Waals surface area contributed by atoms with Gasteiger partial charge in [0.15, 0.2) is 0 Å². The summed E-state index contributed by atoms with van der Waals surface area (Å²) >= 11 is 0. The fourth-order valence-electron chi connectivity index (χ4n) is 0.819. The molecule has 4 heteroatoms. The van der Waals surface area contributed by atoms with E-state index in [9.17, 15) is 4.79 Å². The number of rotatable bonds is 3. The molecule has 4 nitrogen and oxygen atoms in total. The van der Waals surface area contributed by atoms with Crippen LogP contribution >= 0.6 is 0 Å². The van der Waals surface area contributed by atoms with Crippen molar-refractivity contribution in [2.45, 2.75) is 12.5 Å². The lowest BCUT2D eigenvalue weighted by Crippen LogP contribution is -2.32. The van der Waals surface area contributed by atoms with Crippen LogP contribution in [0.5, 0.6) is 0 Å². The van der Waals surface area contributed by atoms with Gasteiger partial charge in [-0.3, -0.25) is 4.79 Å². The molecule has 0 spiro atoms. The van der Waals surface area contributed by atoms with Crippen LogP contribution in [0, 0.1) is 0 Å². The van der Waals surface area contributed by atoms with Gasteiger partial charge in [-0.05, 0) is 12.1 Å². The van der Waals surface area contributed by atoms with Crippen molar-refractivity contribution in [2.24, 2.45) is 5.73 Å². The van der Waals surface area contributed by atoms with Crippen LogP contribution in [0.1, 0.15) is 5.69 Å². The van der Waals surface area contributed by atoms with E-state index in [0.29, 0.717) is 6.42 Å². The van der Waals surface area contributed by atoms with Gasteiger partial charge in [0.25, 0.3) is 0 Å². The molecule has 0 saturated carbocycles. The molecular formula is C7H10N2O2. The van der Waals surface area contributed by atoms with Crippen molar-refractivity contribution in [1.82, 2.24) is 4.98 Å². The monoisotopic (exact) mass is 154 g/mol. The van der Waals surface area contributed by atoms with E-state index < -0.39 is 12.0 Å². The zero-order valence-corrected chi connectivity index (χ0v) is 5.95. The van der Waals surface area contributed by atoms with E-state index in [2.05, 4.69) is 4.98 Å². The lowest BCUT2D eigenvalue weighted by molar-refractivity contribution is -0.138. The maximum absolute atomic E-state index is 10.3. The maximum atomic E-state index is 10.3. The van der Waals surface area contributed by atoms with Crippen molar-refractivity contribution in [1.29, 1.82) is 0 Å². The molecule has 1 atom stereocenters. The Morgan fingerprint density at radius 1 is 1.82 bits per heavy atom. The summed E-state index contributed by atoms with van der Waals surface area (Å²) in [5, 5.41) is 8.44. The highest BCUT2D eigenvalue weighted by Gasteiger charge is 2.11. The molecule has 0 radical (unpaired) electrons. The second-order valence-corrected chi connectivity index (χ2v) is 2.34. The Kier molecular flexibility index (Phi) is 2.28. The first-order valence-corrected chi connectivity index (χ1v) is 3.31. The van der Waals surface area contributed by atoms with E-state index in [1.165, 1.54) is 0 Å². The third-order valence-corrected chi connectivity index (χ3v) is 1.42. The molecule has 1 aromatic heterocycles. The van der Waals surface area contributed by atoms with E-state index in [1.54, 1.807) is 6.20 Å². The number of carboxylic acids is 1. The Balaban J connectivity index is 2.50. The average molecular weight is 154 g/mol. The van der Waals surface area contributed by atoms with Crippen LogP contribution < -0.4 is 5.73 Å². The number of hydrogen-bond donors (Lipinski definition) is 3. The molecule has 0 aliphatic rings. The minimum Gasteiger partial charge on any atom is -0.480 e. The SMILES string of the molecule is NC(Cc1ccc[nH]1)C(=O)O. The first kappa shape index (κ1) is 7.81. The molecule has 0 amide bonds. The van der Waals surface area contributed by atoms with Gasteiger partial charge in [-0.25, -0.2) is 0 Å². The number of hydrogen-bond acceptors (Lipinski definition) is 2. The van der Waals surface area contributed by atoms with Gasteiger partial charge in [-0.1, -0.05) is 0 Å². The number of aromatic amines is 1. The van der Waals surface area contributed by atoms with Crippen molar-refractivity contribution >= 4 is 5.97 Å². The maximum Gasteiger partial charge on any atom is 0.320 e. The Bertz CT molecular complexity index is 231. The minimum absolute atomic E-state index is 0.350. The van der Waals surface area contributed by atoms with Crippen molar-refractivity contribution in [3.05, 3.63) is 24.0 Å². The summed E-state index contributed by atoms with van der Waals surface area (Å²) in [6.45, 7) is 0. The quantitative estimate of drug-likeness (QED) is 0.572. The van der Waals surface area contributed by atoms with Crippen LogP contribution in [-0.4, -0.2) is 22.1 Å². The van der Waals surface area contributed by atoms with Crippen LogP contribution in [-0.2, 0) is 11.2 Å². The molecule has 0 aromatic carbocycles. The average Bonchev–Trinajstić information content (AvgIpc) is 2.39. The Morgan fingerprint density at radius 3 is 3.00 bits per heavy atom. The third-order valence-electron chi connectivity index (χ3n) is 1.42. The summed E-state index contributed by atoms with van der Waals surface area (Å²) in [6, 6.07) is 2.81. The number of carboxylic acid groups (broad SMARTS) is 1. The smallest absolute Gasteiger partial charge is 0.320 e. The molecule has 0 saturated heterocycles. The van der Waals surface area contributed by atoms with Gasteiger partial charge in [0.1, 0.15) is 6.04 Å². The highest BCUT2D eigenvalue weighted by molar-refractivity contribution is 5.73. The van der Waals surface area contributed by atoms with Crippen LogP contribution in [0.15, 0.2) is 18.3 Å². The fraction of sp³-hybridized carbons (Fsp3) is 0.286. The molecule has 4 N–H and O–H groups in total. The second kappa shape index (κ2) is 3.21. The van der Waals surface area contributed by atoms with Crippen molar-refractivity contribution in [2.75, 3.05) is 0 Å². The molecule has 0 aliphatic carbocycles. The molecule has 1 heterocycles. The Hall–Kier alpha value is -1.29. The molecule has 11 heavy (non-hydrogen) atoms. The predicted molar refractivity (Wildman–Crippen MR) is 40.1 cm³/mol. The van der Waals surface area contributed by atoms with E-state index in [4.69, 9.17) is 10.8 Å². The molecule has 60 valence electrons. The van der Waals surface area contributed by atoms with Crippen molar-refractivity contribution in [3.63, 3.8) is 0 Å². The standard InChI is InChI=1S/C7H10N2O2/c8-6(7(10)11)4-5-2-1-3-9-5/h1-3,6,9H,4,8H2,(H,10,11). The summed E-state index contributed by atoms with van der Waals surface area (Å²) in [4.78, 5) is 13.2. The van der Waals surface area contributed by atoms with Gasteiger partial charge in [-0.15, -0.1) is 0 Å². The highest BCUT2D eigenvalue weighted by Crippen LogP contribution is 1.97. The number of nitrogens with one attached hydrogen (secondary N) is 1. The minimum atomic E-state index is -0.973. The third kappa shape index (κ3) is 2.09. The van der Waals surface area contributed by atoms with Gasteiger partial charge < -0.3 is 15.8 Å². The first-order valence-electron chi connectivity index (χ1n) is 3.31. The molecule has 0 aliphatic heterocycles. The second-order valence-electron chi connectivity index (χ2n) is 2.34. The zero-order chi connectivity index (χ0) is 8.27. The summed E-state index contributed by atoms with van der Waals surface area (Å²) in [5.41, 5.74) is 6.14. The predicted octanol–water partition coefficient (Wildman–Crippen LogP) is -0.0309. The Labute approximate surface area is 64.0 Å². The number of aromatic nitrogens is 1. The Morgan fingerprint density at radius 2 is 2.55 bits per heavy atom. The lowest BCUT2D eigenvalue weighted by atomic mass is 10.2. The van der Waals surface area contributed by atoms with Crippen molar-refractivity contribution in [3.8, 4) is 0 Å². The summed E-state index contributed by atoms with van der Waals surface area (Å²) < 4.78 is 0. The zero-order valence-electron chi connectivity index (χ0n) is 5.95. The van der Waals surface area contributed by atoms with E-state index in [0.717, 1.165) is 5.69 Å². The largest absolute Gasteiger partial charge is 0.480 e. The molecule has 1 aromatic rings. The van der Waals surface area contributed by atoms with Gasteiger partial charge in [0.2, 0.25) is 0 Å². The van der Waals surface area contributed by atoms with Crippen LogP contribution in [0.3, 0.4) is 0 Å². The fourth-order valence-corrected chi connectivity index (χ4v) is 0.819. The van der Waals surface area contributed by atoms with Gasteiger partial charge in [0.05, 0.1) is 0 Å². The number of carbonyl (C=O) groups is 1. The molecule has 1 rings (SSSR count). The van der Waals surface area contributed by atoms with E-state index >= 15 is 0 Å².